The monoisotopic (exact) mass is 975 g/mol. The summed E-state index contributed by atoms with van der Waals surface area (Å²) in [4.78, 5) is 84.2. The lowest BCUT2D eigenvalue weighted by Gasteiger charge is -2.41. The number of likely N-dealkylation sites (tertiary alicyclic amines) is 1. The number of hydrogen-bond donors (Lipinski definition) is 1. The summed E-state index contributed by atoms with van der Waals surface area (Å²) in [6.07, 6.45) is -2.64. The third-order valence-corrected chi connectivity index (χ3v) is 13.6. The predicted molar refractivity (Wildman–Crippen MR) is 261 cm³/mol. The predicted octanol–water partition coefficient (Wildman–Crippen LogP) is 7.55. The Labute approximate surface area is 409 Å². The maximum Gasteiger partial charge on any atom is 0.446 e. The SMILES string of the molecule is CCc1ccc(CCN(C)[C@H](C(=O)C[C@H](C(=O)N(C)[C@@H]([C@@H](C)CC)[C@@H](CC(=O)N2CCC[C@H]2[C@H](OC)[C@@H](C)C(=O)N[C@@H](Cc2ccccc2)C(=O)OC)OC)C(C)C)C(C)C)cc1.O=CC(F)(F)F. The molecule has 13 nitrogen and oxygen atoms in total. The van der Waals surface area contributed by atoms with Gasteiger partial charge in [0.15, 0.2) is 5.78 Å². The summed E-state index contributed by atoms with van der Waals surface area (Å²) in [5.41, 5.74) is 3.41. The Morgan fingerprint density at radius 3 is 1.93 bits per heavy atom. The molecule has 69 heavy (non-hydrogen) atoms. The maximum absolute atomic E-state index is 14.7. The fraction of sp³-hybridized carbons (Fsp3) is 0.660. The Morgan fingerprint density at radius 1 is 0.841 bits per heavy atom. The average Bonchev–Trinajstić information content (AvgIpc) is 3.81. The van der Waals surface area contributed by atoms with Gasteiger partial charge in [0.1, 0.15) is 6.04 Å². The van der Waals surface area contributed by atoms with Crippen LogP contribution in [0.1, 0.15) is 104 Å². The normalized spacial score (nSPS) is 17.4. The van der Waals surface area contributed by atoms with Gasteiger partial charge in [-0.15, -0.1) is 0 Å². The van der Waals surface area contributed by atoms with E-state index in [-0.39, 0.29) is 66.6 Å². The van der Waals surface area contributed by atoms with Crippen LogP contribution in [0, 0.1) is 29.6 Å². The topological polar surface area (TPSA) is 152 Å². The minimum Gasteiger partial charge on any atom is -0.467 e. The highest BCUT2D eigenvalue weighted by atomic mass is 19.4. The minimum atomic E-state index is -4.64. The maximum atomic E-state index is 14.7. The highest BCUT2D eigenvalue weighted by Gasteiger charge is 2.44. The second-order valence-electron chi connectivity index (χ2n) is 19.1. The van der Waals surface area contributed by atoms with Crippen molar-refractivity contribution < 1.29 is 56.1 Å². The number of rotatable bonds is 26. The smallest absolute Gasteiger partial charge is 0.446 e. The summed E-state index contributed by atoms with van der Waals surface area (Å²) in [6.45, 7) is 17.4. The third kappa shape index (κ3) is 18.5. The molecule has 3 rings (SSSR count). The molecule has 0 aromatic heterocycles. The van der Waals surface area contributed by atoms with Crippen LogP contribution in [-0.2, 0) is 62.2 Å². The first-order valence-corrected chi connectivity index (χ1v) is 24.4. The van der Waals surface area contributed by atoms with Crippen molar-refractivity contribution in [3.8, 4) is 0 Å². The molecule has 0 spiro atoms. The minimum absolute atomic E-state index is 0.0186. The molecule has 1 heterocycles. The number of ketones is 1. The van der Waals surface area contributed by atoms with Gasteiger partial charge in [0, 0.05) is 53.1 Å². The summed E-state index contributed by atoms with van der Waals surface area (Å²) in [6, 6.07) is 16.0. The molecule has 1 aliphatic rings. The summed E-state index contributed by atoms with van der Waals surface area (Å²) < 4.78 is 48.4. The van der Waals surface area contributed by atoms with Gasteiger partial charge in [-0.05, 0) is 67.2 Å². The molecule has 16 heteroatoms. The van der Waals surface area contributed by atoms with E-state index in [1.807, 2.05) is 51.2 Å². The second kappa shape index (κ2) is 29.5. The Hall–Kier alpha value is -4.67. The lowest BCUT2D eigenvalue weighted by atomic mass is 9.83. The van der Waals surface area contributed by atoms with Gasteiger partial charge < -0.3 is 29.3 Å². The number of amides is 3. The molecule has 1 saturated heterocycles. The van der Waals surface area contributed by atoms with Crippen LogP contribution in [-0.4, -0.2) is 142 Å². The van der Waals surface area contributed by atoms with Crippen molar-refractivity contribution in [2.45, 2.75) is 149 Å². The van der Waals surface area contributed by atoms with E-state index in [0.29, 0.717) is 13.0 Å². The molecule has 2 aromatic rings. The van der Waals surface area contributed by atoms with Gasteiger partial charge in [-0.3, -0.25) is 28.9 Å². The Balaban J connectivity index is 0.00000255. The number of esters is 1. The van der Waals surface area contributed by atoms with Crippen LogP contribution in [0.3, 0.4) is 0 Å². The van der Waals surface area contributed by atoms with Crippen LogP contribution >= 0.6 is 0 Å². The van der Waals surface area contributed by atoms with Gasteiger partial charge in [0.2, 0.25) is 24.0 Å². The lowest BCUT2D eigenvalue weighted by molar-refractivity contribution is -0.156. The fourth-order valence-corrected chi connectivity index (χ4v) is 9.51. The summed E-state index contributed by atoms with van der Waals surface area (Å²) in [5.74, 6) is -2.46. The number of hydrogen-bond acceptors (Lipinski definition) is 10. The molecule has 1 N–H and O–H groups in total. The molecular formula is C53H81F3N4O9. The molecule has 3 amide bonds. The van der Waals surface area contributed by atoms with Crippen molar-refractivity contribution >= 4 is 35.8 Å². The third-order valence-electron chi connectivity index (χ3n) is 13.6. The van der Waals surface area contributed by atoms with Crippen LogP contribution < -0.4 is 5.32 Å². The van der Waals surface area contributed by atoms with Gasteiger partial charge in [-0.1, -0.05) is 116 Å². The van der Waals surface area contributed by atoms with E-state index in [9.17, 15) is 37.1 Å². The average molecular weight is 975 g/mol. The van der Waals surface area contributed by atoms with Crippen molar-refractivity contribution in [2.24, 2.45) is 29.6 Å². The number of alkyl halides is 3. The Bertz CT molecular complexity index is 1900. The number of methoxy groups -OCH3 is 3. The number of carbonyl (C=O) groups is 6. The number of Topliss-reactive ketones (excluding diaryl/α,β-unsaturated/α-hetero) is 1. The van der Waals surface area contributed by atoms with Crippen LogP contribution in [0.2, 0.25) is 0 Å². The van der Waals surface area contributed by atoms with Crippen LogP contribution in [0.5, 0.6) is 0 Å². The molecular weight excluding hydrogens is 894 g/mol. The van der Waals surface area contributed by atoms with Crippen molar-refractivity contribution in [1.82, 2.24) is 20.0 Å². The molecule has 9 atom stereocenters. The van der Waals surface area contributed by atoms with E-state index in [4.69, 9.17) is 19.0 Å². The number of nitrogens with one attached hydrogen (secondary N) is 1. The van der Waals surface area contributed by atoms with Crippen molar-refractivity contribution in [1.29, 1.82) is 0 Å². The molecule has 0 unspecified atom stereocenters. The number of carbonyl (C=O) groups excluding carboxylic acids is 6. The quantitative estimate of drug-likeness (QED) is 0.0740. The number of ether oxygens (including phenoxy) is 3. The van der Waals surface area contributed by atoms with Crippen molar-refractivity contribution in [3.05, 3.63) is 71.3 Å². The van der Waals surface area contributed by atoms with Crippen molar-refractivity contribution in [2.75, 3.05) is 48.5 Å². The van der Waals surface area contributed by atoms with E-state index in [1.165, 1.54) is 18.2 Å². The van der Waals surface area contributed by atoms with Crippen LogP contribution in [0.4, 0.5) is 13.2 Å². The fourth-order valence-electron chi connectivity index (χ4n) is 9.51. The first kappa shape index (κ1) is 60.5. The molecule has 1 aliphatic heterocycles. The number of likely N-dealkylation sites (N-methyl/N-ethyl adjacent to an activating group) is 2. The molecule has 0 saturated carbocycles. The van der Waals surface area contributed by atoms with E-state index in [0.717, 1.165) is 37.8 Å². The van der Waals surface area contributed by atoms with Crippen LogP contribution in [0.15, 0.2) is 54.6 Å². The molecule has 0 bridgehead atoms. The number of aryl methyl sites for hydroxylation is 1. The Kier molecular flexibility index (Phi) is 25.8. The standard InChI is InChI=1S/C51H80N4O8.C2HF3O/c1-14-35(7)47(54(10)50(59)40(33(3)4)31-43(56)46(34(5)6)53(9)29-27-38-25-23-37(15-2)24-26-38)44(61-11)32-45(57)55-28-19-22-42(55)48(62-12)36(8)49(58)52-41(51(60)63-13)30-39-20-17-16-18-21-39;3-2(4,5)1-6/h16-18,20-21,23-26,33-36,40-42,44,46-48H,14-15,19,22,27-32H2,1-13H3,(H,52,58);1H/t35-,36+,40-,41-,42-,44+,46-,47-,48+;/m0./s1. The molecule has 388 valence electrons. The van der Waals surface area contributed by atoms with Crippen LogP contribution in [0.25, 0.3) is 0 Å². The van der Waals surface area contributed by atoms with Crippen molar-refractivity contribution in [3.63, 3.8) is 0 Å². The number of halogens is 3. The zero-order valence-corrected chi connectivity index (χ0v) is 43.3. The van der Waals surface area contributed by atoms with Gasteiger partial charge >= 0.3 is 12.1 Å². The van der Waals surface area contributed by atoms with E-state index in [2.05, 4.69) is 69.1 Å². The second-order valence-corrected chi connectivity index (χ2v) is 19.1. The first-order valence-electron chi connectivity index (χ1n) is 24.4. The number of nitrogens with zero attached hydrogens (tertiary/aromatic N) is 3. The number of aldehydes is 1. The van der Waals surface area contributed by atoms with Gasteiger partial charge in [-0.2, -0.15) is 13.2 Å². The number of benzene rings is 2. The van der Waals surface area contributed by atoms with Gasteiger partial charge in [0.25, 0.3) is 0 Å². The van der Waals surface area contributed by atoms with E-state index >= 15 is 0 Å². The first-order chi connectivity index (χ1) is 32.5. The zero-order chi connectivity index (χ0) is 52.2. The van der Waals surface area contributed by atoms with Gasteiger partial charge in [0.05, 0.1) is 49.8 Å². The lowest BCUT2D eigenvalue weighted by Crippen LogP contribution is -2.55. The highest BCUT2D eigenvalue weighted by Crippen LogP contribution is 2.31. The van der Waals surface area contributed by atoms with E-state index in [1.54, 1.807) is 38.0 Å². The molecule has 2 aromatic carbocycles. The van der Waals surface area contributed by atoms with E-state index < -0.39 is 60.6 Å². The summed E-state index contributed by atoms with van der Waals surface area (Å²) >= 11 is 0. The summed E-state index contributed by atoms with van der Waals surface area (Å²) in [5, 5.41) is 2.88. The summed E-state index contributed by atoms with van der Waals surface area (Å²) in [7, 11) is 8.20. The highest BCUT2D eigenvalue weighted by molar-refractivity contribution is 5.90. The molecule has 0 radical (unpaired) electrons. The molecule has 1 fully saturated rings. The largest absolute Gasteiger partial charge is 0.467 e. The van der Waals surface area contributed by atoms with Gasteiger partial charge in [-0.25, -0.2) is 4.79 Å². The zero-order valence-electron chi connectivity index (χ0n) is 43.3. The molecule has 0 aliphatic carbocycles. The Morgan fingerprint density at radius 2 is 1.43 bits per heavy atom.